The number of ether oxygens (including phenoxy) is 1. The van der Waals surface area contributed by atoms with Crippen molar-refractivity contribution < 1.29 is 38.9 Å². The standard InChI is InChI=1S/C55H66N6O8S/c1-33-40(31-62)24-39(53(67)59-45-18-16-36-14-15-38(25-43(36)45)46-30-60-22-6-8-50(60)58-46)26-49(33)69-23-7-21-56-51(66)20-17-41(63)27-44(55(3,4)5)54(68)61-29-42(64)28-47(61)48(65)19-11-35-9-12-37(13-10-35)52-34(2)57-32-70-52/h9-10,12-15,24-26,30,32,42,44-45,47,62,64H,6-8,11,16-23,27-29,31H2,1-5H3,(H,56,66)(H,59,67)/t42-,44-,45-,47+/m1/s1. The second kappa shape index (κ2) is 21.9. The predicted octanol–water partition coefficient (Wildman–Crippen LogP) is 7.60. The van der Waals surface area contributed by atoms with Crippen molar-refractivity contribution in [1.29, 1.82) is 0 Å². The molecule has 370 valence electrons. The molecule has 2 aliphatic heterocycles. The number of Topliss-reactive ketones (excluding diaryl/α,β-unsaturated/α-hetero) is 2. The molecule has 2 aromatic heterocycles. The fourth-order valence-electron chi connectivity index (χ4n) is 10.1. The summed E-state index contributed by atoms with van der Waals surface area (Å²) in [6, 6.07) is 16.9. The maximum atomic E-state index is 14.2. The van der Waals surface area contributed by atoms with Gasteiger partial charge in [-0.1, -0.05) is 57.2 Å². The quantitative estimate of drug-likeness (QED) is 0.0565. The zero-order valence-electron chi connectivity index (χ0n) is 41.0. The Morgan fingerprint density at radius 2 is 1.76 bits per heavy atom. The van der Waals surface area contributed by atoms with E-state index in [1.165, 1.54) is 10.5 Å². The van der Waals surface area contributed by atoms with Gasteiger partial charge in [-0.3, -0.25) is 24.0 Å². The Kier molecular flexibility index (Phi) is 15.8. The van der Waals surface area contributed by atoms with Gasteiger partial charge in [0.05, 0.1) is 53.2 Å². The van der Waals surface area contributed by atoms with Crippen molar-refractivity contribution in [3.63, 3.8) is 0 Å². The lowest BCUT2D eigenvalue weighted by atomic mass is 9.76. The summed E-state index contributed by atoms with van der Waals surface area (Å²) in [5, 5.41) is 26.9. The molecule has 1 saturated heterocycles. The highest BCUT2D eigenvalue weighted by atomic mass is 32.1. The topological polar surface area (TPSA) is 193 Å². The van der Waals surface area contributed by atoms with Crippen LogP contribution in [0.25, 0.3) is 21.7 Å². The lowest BCUT2D eigenvalue weighted by Gasteiger charge is -2.34. The summed E-state index contributed by atoms with van der Waals surface area (Å²) in [6.45, 7) is 10.7. The largest absolute Gasteiger partial charge is 0.493 e. The lowest BCUT2D eigenvalue weighted by Crippen LogP contribution is -2.47. The van der Waals surface area contributed by atoms with Crippen molar-refractivity contribution in [3.8, 4) is 27.4 Å². The van der Waals surface area contributed by atoms with Crippen molar-refractivity contribution in [2.75, 3.05) is 19.7 Å². The van der Waals surface area contributed by atoms with E-state index < -0.39 is 23.5 Å². The zero-order valence-corrected chi connectivity index (χ0v) is 41.8. The van der Waals surface area contributed by atoms with Crippen LogP contribution in [0, 0.1) is 25.2 Å². The van der Waals surface area contributed by atoms with Crippen LogP contribution in [0.15, 0.2) is 66.3 Å². The summed E-state index contributed by atoms with van der Waals surface area (Å²) in [5.74, 6) is -0.410. The third kappa shape index (κ3) is 11.8. The molecule has 14 nitrogen and oxygen atoms in total. The monoisotopic (exact) mass is 970 g/mol. The third-order valence-electron chi connectivity index (χ3n) is 14.2. The Bertz CT molecular complexity index is 2720. The highest BCUT2D eigenvalue weighted by Crippen LogP contribution is 2.37. The van der Waals surface area contributed by atoms with Gasteiger partial charge in [0, 0.05) is 81.4 Å². The third-order valence-corrected chi connectivity index (χ3v) is 15.2. The molecule has 15 heteroatoms. The number of rotatable bonds is 20. The molecule has 4 N–H and O–H groups in total. The summed E-state index contributed by atoms with van der Waals surface area (Å²) in [6.07, 6.45) is 6.16. The number of imidazole rings is 1. The number of thiazole rings is 1. The van der Waals surface area contributed by atoms with E-state index in [9.17, 15) is 34.2 Å². The number of nitrogens with one attached hydrogen (secondary N) is 2. The van der Waals surface area contributed by atoms with Crippen LogP contribution in [-0.4, -0.2) is 90.8 Å². The Hall–Kier alpha value is -6.03. The van der Waals surface area contributed by atoms with Gasteiger partial charge >= 0.3 is 0 Å². The molecule has 0 radical (unpaired) electrons. The predicted molar refractivity (Wildman–Crippen MR) is 268 cm³/mol. The van der Waals surface area contributed by atoms with Crippen molar-refractivity contribution in [3.05, 3.63) is 111 Å². The van der Waals surface area contributed by atoms with Crippen LogP contribution in [0.4, 0.5) is 0 Å². The number of benzene rings is 3. The highest BCUT2D eigenvalue weighted by Gasteiger charge is 2.44. The lowest BCUT2D eigenvalue weighted by molar-refractivity contribution is -0.146. The van der Waals surface area contributed by atoms with Gasteiger partial charge in [-0.05, 0) is 103 Å². The van der Waals surface area contributed by atoms with E-state index in [1.807, 2.05) is 64.4 Å². The number of aromatic nitrogens is 3. The molecular weight excluding hydrogens is 905 g/mol. The fraction of sp³-hybridized carbons (Fsp3) is 0.473. The molecular formula is C55H66N6O8S. The number of carbonyl (C=O) groups excluding carboxylic acids is 5. The van der Waals surface area contributed by atoms with Gasteiger partial charge in [0.25, 0.3) is 5.91 Å². The molecule has 1 fully saturated rings. The SMILES string of the molecule is Cc1ncsc1-c1ccc(CCC(=O)[C@@H]2C[C@@H](O)CN2C(=O)[C@@H](CC(=O)CCC(=O)NCCCOc2cc(C(=O)N[C@@H]3CCc4ccc(-c5cn6c(n5)CCC6)cc43)cc(CO)c2C)C(C)(C)C)cc1. The number of fused-ring (bicyclic) bond motifs is 2. The molecule has 0 unspecified atom stereocenters. The van der Waals surface area contributed by atoms with Crippen molar-refractivity contribution in [2.24, 2.45) is 11.3 Å². The zero-order chi connectivity index (χ0) is 49.7. The second-order valence-corrected chi connectivity index (χ2v) is 21.1. The van der Waals surface area contributed by atoms with Gasteiger partial charge in [0.1, 0.15) is 17.4 Å². The van der Waals surface area contributed by atoms with E-state index in [2.05, 4.69) is 44.6 Å². The molecule has 0 spiro atoms. The minimum atomic E-state index is -0.839. The number of ketones is 2. The number of carbonyl (C=O) groups is 5. The number of aryl methyl sites for hydroxylation is 5. The first-order valence-corrected chi connectivity index (χ1v) is 25.6. The van der Waals surface area contributed by atoms with Crippen LogP contribution in [0.3, 0.4) is 0 Å². The first kappa shape index (κ1) is 50.4. The average Bonchev–Trinajstić information content (AvgIpc) is 4.20. The molecule has 3 aromatic carbocycles. The Morgan fingerprint density at radius 3 is 2.49 bits per heavy atom. The van der Waals surface area contributed by atoms with E-state index in [0.29, 0.717) is 29.7 Å². The molecule has 70 heavy (non-hydrogen) atoms. The van der Waals surface area contributed by atoms with Gasteiger partial charge < -0.3 is 35.1 Å². The minimum absolute atomic E-state index is 0.0277. The van der Waals surface area contributed by atoms with Gasteiger partial charge in [-0.15, -0.1) is 11.3 Å². The van der Waals surface area contributed by atoms with Crippen LogP contribution in [0.5, 0.6) is 5.75 Å². The maximum absolute atomic E-state index is 14.2. The molecule has 1 aliphatic carbocycles. The summed E-state index contributed by atoms with van der Waals surface area (Å²) < 4.78 is 8.33. The molecule has 0 saturated carbocycles. The first-order chi connectivity index (χ1) is 33.6. The van der Waals surface area contributed by atoms with E-state index in [-0.39, 0.29) is 93.7 Å². The van der Waals surface area contributed by atoms with E-state index in [0.717, 1.165) is 82.1 Å². The van der Waals surface area contributed by atoms with Crippen LogP contribution >= 0.6 is 11.3 Å². The van der Waals surface area contributed by atoms with Gasteiger partial charge in [-0.2, -0.15) is 0 Å². The van der Waals surface area contributed by atoms with Gasteiger partial charge in [0.15, 0.2) is 5.78 Å². The highest BCUT2D eigenvalue weighted by molar-refractivity contribution is 7.13. The maximum Gasteiger partial charge on any atom is 0.251 e. The summed E-state index contributed by atoms with van der Waals surface area (Å²) in [4.78, 5) is 79.5. The summed E-state index contributed by atoms with van der Waals surface area (Å²) in [5.41, 5.74) is 10.2. The molecule has 8 rings (SSSR count). The smallest absolute Gasteiger partial charge is 0.251 e. The molecule has 3 aliphatic rings. The van der Waals surface area contributed by atoms with E-state index in [1.54, 1.807) is 23.5 Å². The number of aliphatic hydroxyl groups is 2. The van der Waals surface area contributed by atoms with Gasteiger partial charge in [-0.25, -0.2) is 9.97 Å². The molecule has 3 amide bonds. The van der Waals surface area contributed by atoms with Crippen molar-refractivity contribution in [1.82, 2.24) is 30.1 Å². The molecule has 4 atom stereocenters. The summed E-state index contributed by atoms with van der Waals surface area (Å²) >= 11 is 1.58. The van der Waals surface area contributed by atoms with Crippen LogP contribution in [0.2, 0.25) is 0 Å². The molecule has 5 aromatic rings. The Labute approximate surface area is 414 Å². The Morgan fingerprint density at radius 1 is 0.971 bits per heavy atom. The van der Waals surface area contributed by atoms with E-state index >= 15 is 0 Å². The van der Waals surface area contributed by atoms with Crippen molar-refractivity contribution in [2.45, 2.75) is 137 Å². The number of hydrogen-bond acceptors (Lipinski definition) is 11. The Balaban J connectivity index is 0.781. The summed E-state index contributed by atoms with van der Waals surface area (Å²) in [7, 11) is 0. The van der Waals surface area contributed by atoms with Crippen molar-refractivity contribution >= 4 is 40.6 Å². The second-order valence-electron chi connectivity index (χ2n) is 20.3. The fourth-order valence-corrected chi connectivity index (χ4v) is 10.9. The number of amides is 3. The van der Waals surface area contributed by atoms with Crippen LogP contribution in [0.1, 0.15) is 128 Å². The number of likely N-dealkylation sites (tertiary alicyclic amines) is 1. The van der Waals surface area contributed by atoms with E-state index in [4.69, 9.17) is 9.72 Å². The minimum Gasteiger partial charge on any atom is -0.493 e. The van der Waals surface area contributed by atoms with Gasteiger partial charge in [0.2, 0.25) is 11.8 Å². The molecule has 0 bridgehead atoms. The number of aliphatic hydroxyl groups excluding tert-OH is 2. The van der Waals surface area contributed by atoms with Crippen LogP contribution < -0.4 is 15.4 Å². The first-order valence-electron chi connectivity index (χ1n) is 24.7. The number of β-amino-alcohol motifs (C(OH)–C–C–N with tert-alkyl or cyclic N) is 1. The molecule has 4 heterocycles. The average molecular weight is 971 g/mol. The number of hydrogen-bond donors (Lipinski definition) is 4. The number of nitrogens with zero attached hydrogens (tertiary/aromatic N) is 4. The van der Waals surface area contributed by atoms with Crippen LogP contribution in [-0.2, 0) is 51.6 Å². The normalized spacial score (nSPS) is 17.8.